The zero-order valence-electron chi connectivity index (χ0n) is 15.0. The van der Waals surface area contributed by atoms with Crippen molar-refractivity contribution >= 4 is 29.8 Å². The molecule has 1 heterocycles. The van der Waals surface area contributed by atoms with Crippen molar-refractivity contribution in [3.8, 4) is 0 Å². The molecule has 0 spiro atoms. The van der Waals surface area contributed by atoms with E-state index in [4.69, 9.17) is 17.2 Å². The van der Waals surface area contributed by atoms with Crippen molar-refractivity contribution in [3.05, 3.63) is 0 Å². The quantitative estimate of drug-likeness (QED) is 0.119. The molecule has 14 heteroatoms. The third kappa shape index (κ3) is 9.82. The number of nitrogens with one attached hydrogen (secondary N) is 3. The number of quaternary nitrogens is 1. The molecular formula is C13H27Cl2N9O3. The van der Waals surface area contributed by atoms with E-state index in [0.29, 0.717) is 13.0 Å². The van der Waals surface area contributed by atoms with Crippen LogP contribution in [0.25, 0.3) is 0 Å². The Balaban J connectivity index is 0. The summed E-state index contributed by atoms with van der Waals surface area (Å²) in [6.07, 6.45) is 1.68. The molecule has 2 atom stereocenters. The summed E-state index contributed by atoms with van der Waals surface area (Å²) in [4.78, 5) is 43.2. The molecule has 0 saturated heterocycles. The van der Waals surface area contributed by atoms with Gasteiger partial charge in [0.1, 0.15) is 6.04 Å². The van der Waals surface area contributed by atoms with Gasteiger partial charge in [0, 0.05) is 13.5 Å². The second kappa shape index (κ2) is 12.9. The highest BCUT2D eigenvalue weighted by molar-refractivity contribution is 6.07. The molecule has 0 aromatic rings. The Morgan fingerprint density at radius 1 is 1.41 bits per heavy atom. The highest BCUT2D eigenvalue weighted by Gasteiger charge is 2.31. The molecule has 0 bridgehead atoms. The number of halogens is 2. The van der Waals surface area contributed by atoms with Crippen molar-refractivity contribution in [2.75, 3.05) is 20.1 Å². The van der Waals surface area contributed by atoms with E-state index in [2.05, 4.69) is 26.4 Å². The molecule has 0 aromatic carbocycles. The van der Waals surface area contributed by atoms with Crippen LogP contribution in [-0.2, 0) is 9.59 Å². The van der Waals surface area contributed by atoms with E-state index in [-0.39, 0.29) is 61.6 Å². The predicted octanol–water partition coefficient (Wildman–Crippen LogP) is -11.9. The molecule has 0 radical (unpaired) electrons. The topological polar surface area (TPSA) is 211 Å². The van der Waals surface area contributed by atoms with Crippen LogP contribution >= 0.6 is 0 Å². The lowest BCUT2D eigenvalue weighted by molar-refractivity contribution is -0.465. The normalized spacial score (nSPS) is 16.4. The standard InChI is InChI=1S/C13H25N9O3.2ClH/c1-22(8-6-19-13(20-10(8)24)21-12(17)25)9(23)5-7(14)3-2-4-18-11(15)16;;/h7-8H,2-6,14H2,1H3,(H4,15,16,18)(H4,17,19,20,21,24,25);2*1H/t7-,8?;;/m0../s1. The summed E-state index contributed by atoms with van der Waals surface area (Å²) in [5, 5.41) is 4.58. The van der Waals surface area contributed by atoms with Crippen LogP contribution in [0.1, 0.15) is 19.3 Å². The van der Waals surface area contributed by atoms with Crippen LogP contribution in [0.3, 0.4) is 0 Å². The van der Waals surface area contributed by atoms with Crippen LogP contribution in [0, 0.1) is 0 Å². The molecule has 0 fully saturated rings. The number of primary amides is 1. The molecule has 12 N–H and O–H groups in total. The first-order valence-electron chi connectivity index (χ1n) is 7.83. The van der Waals surface area contributed by atoms with Crippen molar-refractivity contribution < 1.29 is 49.9 Å². The van der Waals surface area contributed by atoms with Gasteiger partial charge in [0.25, 0.3) is 5.91 Å². The summed E-state index contributed by atoms with van der Waals surface area (Å²) in [5.41, 5.74) is 19.5. The fraction of sp³-hybridized carbons (Fsp3) is 0.615. The van der Waals surface area contributed by atoms with Crippen molar-refractivity contribution in [3.63, 3.8) is 0 Å². The van der Waals surface area contributed by atoms with E-state index in [1.165, 1.54) is 11.9 Å². The number of hydrogen-bond acceptors (Lipinski definition) is 4. The fourth-order valence-corrected chi connectivity index (χ4v) is 2.28. The van der Waals surface area contributed by atoms with Gasteiger partial charge >= 0.3 is 12.0 Å². The van der Waals surface area contributed by atoms with Crippen LogP contribution < -0.4 is 63.4 Å². The number of aliphatic imine (C=N–C) groups is 1. The number of guanidine groups is 2. The monoisotopic (exact) mass is 427 g/mol. The average Bonchev–Trinajstić information content (AvgIpc) is 2.50. The molecule has 0 saturated carbocycles. The minimum absolute atomic E-state index is 0. The van der Waals surface area contributed by atoms with Gasteiger partial charge in [-0.1, -0.05) is 0 Å². The second-order valence-electron chi connectivity index (χ2n) is 5.78. The molecule has 0 aliphatic carbocycles. The van der Waals surface area contributed by atoms with E-state index < -0.39 is 18.0 Å². The largest absolute Gasteiger partial charge is 1.00 e. The third-order valence-electron chi connectivity index (χ3n) is 3.65. The smallest absolute Gasteiger partial charge is 0.338 e. The van der Waals surface area contributed by atoms with E-state index >= 15 is 0 Å². The Morgan fingerprint density at radius 3 is 2.56 bits per heavy atom. The molecule has 12 nitrogen and oxygen atoms in total. The lowest BCUT2D eigenvalue weighted by atomic mass is 10.1. The minimum Gasteiger partial charge on any atom is -1.00 e. The maximum absolute atomic E-state index is 12.3. The van der Waals surface area contributed by atoms with Gasteiger partial charge in [0.2, 0.25) is 11.9 Å². The van der Waals surface area contributed by atoms with E-state index in [0.717, 1.165) is 6.42 Å². The number of rotatable bonds is 7. The number of hydrogen-bond donors (Lipinski definition) is 7. The van der Waals surface area contributed by atoms with E-state index in [1.807, 2.05) is 0 Å². The van der Waals surface area contributed by atoms with Crippen molar-refractivity contribution in [1.82, 2.24) is 15.5 Å². The lowest BCUT2D eigenvalue weighted by Gasteiger charge is -2.29. The SMILES string of the molecule is CN(C(=O)C[C@@H]([NH3+])CCC[NH+]=C(N)N)C1CN=C(NC(N)=O)NC1=O.[Cl-].[Cl-]. The fourth-order valence-electron chi connectivity index (χ4n) is 2.28. The first-order valence-corrected chi connectivity index (χ1v) is 7.83. The zero-order valence-corrected chi connectivity index (χ0v) is 16.5. The van der Waals surface area contributed by atoms with Crippen molar-refractivity contribution in [1.29, 1.82) is 0 Å². The average molecular weight is 428 g/mol. The maximum atomic E-state index is 12.3. The Morgan fingerprint density at radius 2 is 2.04 bits per heavy atom. The van der Waals surface area contributed by atoms with Gasteiger partial charge in [-0.05, 0) is 6.42 Å². The van der Waals surface area contributed by atoms with Gasteiger partial charge < -0.3 is 41.2 Å². The van der Waals surface area contributed by atoms with Crippen molar-refractivity contribution in [2.45, 2.75) is 31.3 Å². The number of nitrogens with zero attached hydrogens (tertiary/aromatic N) is 2. The van der Waals surface area contributed by atoms with Crippen LogP contribution in [-0.4, -0.2) is 66.9 Å². The minimum atomic E-state index is -0.828. The van der Waals surface area contributed by atoms with Gasteiger partial charge in [0.15, 0.2) is 0 Å². The van der Waals surface area contributed by atoms with Crippen LogP contribution in [0.4, 0.5) is 4.79 Å². The van der Waals surface area contributed by atoms with Crippen LogP contribution in [0.15, 0.2) is 4.99 Å². The summed E-state index contributed by atoms with van der Waals surface area (Å²) in [6.45, 7) is 0.648. The molecule has 1 rings (SSSR count). The Labute approximate surface area is 169 Å². The Bertz CT molecular complexity index is 581. The van der Waals surface area contributed by atoms with Gasteiger partial charge in [-0.3, -0.25) is 36.7 Å². The Hall–Kier alpha value is -2.31. The van der Waals surface area contributed by atoms with Gasteiger partial charge in [-0.25, -0.2) is 9.79 Å². The second-order valence-corrected chi connectivity index (χ2v) is 5.78. The zero-order chi connectivity index (χ0) is 19.0. The maximum Gasteiger partial charge on any atom is 0.338 e. The molecule has 0 aromatic heterocycles. The highest BCUT2D eigenvalue weighted by Crippen LogP contribution is 2.07. The number of carbonyl (C=O) groups excluding carboxylic acids is 3. The molecular weight excluding hydrogens is 401 g/mol. The first kappa shape index (κ1) is 26.9. The van der Waals surface area contributed by atoms with Gasteiger partial charge in [0.05, 0.1) is 25.6 Å². The summed E-state index contributed by atoms with van der Waals surface area (Å²) < 4.78 is 0. The lowest BCUT2D eigenvalue weighted by Crippen LogP contribution is -3.00. The first-order chi connectivity index (χ1) is 11.7. The van der Waals surface area contributed by atoms with Crippen LogP contribution in [0.2, 0.25) is 0 Å². The summed E-state index contributed by atoms with van der Waals surface area (Å²) in [6, 6.07) is -1.67. The number of nitrogens with two attached hydrogens (primary N) is 3. The molecule has 1 aliphatic heterocycles. The number of likely N-dealkylation sites (N-methyl/N-ethyl adjacent to an activating group) is 1. The molecule has 1 unspecified atom stereocenters. The predicted molar refractivity (Wildman–Crippen MR) is 89.5 cm³/mol. The number of carbonyl (C=O) groups is 3. The molecule has 1 aliphatic rings. The number of amides is 4. The van der Waals surface area contributed by atoms with E-state index in [9.17, 15) is 14.4 Å². The van der Waals surface area contributed by atoms with Gasteiger partial charge in [-0.15, -0.1) is 0 Å². The summed E-state index contributed by atoms with van der Waals surface area (Å²) >= 11 is 0. The Kier molecular flexibility index (Phi) is 12.9. The highest BCUT2D eigenvalue weighted by atomic mass is 35.5. The van der Waals surface area contributed by atoms with Crippen molar-refractivity contribution in [2.24, 2.45) is 22.2 Å². The molecule has 4 amide bonds. The molecule has 27 heavy (non-hydrogen) atoms. The van der Waals surface area contributed by atoms with E-state index in [1.54, 1.807) is 0 Å². The number of urea groups is 1. The third-order valence-corrected chi connectivity index (χ3v) is 3.65. The van der Waals surface area contributed by atoms with Gasteiger partial charge in [-0.2, -0.15) is 0 Å². The molecule has 156 valence electrons. The summed E-state index contributed by atoms with van der Waals surface area (Å²) in [5.74, 6) is -0.508. The van der Waals surface area contributed by atoms with Crippen LogP contribution in [0.5, 0.6) is 0 Å². The summed E-state index contributed by atoms with van der Waals surface area (Å²) in [7, 11) is 1.53.